The summed E-state index contributed by atoms with van der Waals surface area (Å²) in [4.78, 5) is 0. The second-order valence-corrected chi connectivity index (χ2v) is 5.96. The maximum Gasteiger partial charge on any atom is -0.0249 e. The summed E-state index contributed by atoms with van der Waals surface area (Å²) in [6, 6.07) is 0. The molecular formula is C16H32. The second-order valence-electron chi connectivity index (χ2n) is 5.96. The lowest BCUT2D eigenvalue weighted by Gasteiger charge is -2.46. The fourth-order valence-corrected chi connectivity index (χ4v) is 4.32. The molecule has 1 fully saturated rings. The molecule has 0 saturated heterocycles. The van der Waals surface area contributed by atoms with Crippen LogP contribution in [0.25, 0.3) is 0 Å². The maximum atomic E-state index is 2.52. The summed E-state index contributed by atoms with van der Waals surface area (Å²) in [5, 5.41) is 0. The van der Waals surface area contributed by atoms with E-state index < -0.39 is 0 Å². The topological polar surface area (TPSA) is 0 Å². The van der Waals surface area contributed by atoms with Crippen LogP contribution in [0.1, 0.15) is 85.5 Å². The van der Waals surface area contributed by atoms with Gasteiger partial charge in [0.25, 0.3) is 0 Å². The molecule has 16 heavy (non-hydrogen) atoms. The quantitative estimate of drug-likeness (QED) is 0.534. The highest BCUT2D eigenvalue weighted by atomic mass is 14.4. The Morgan fingerprint density at radius 2 is 1.56 bits per heavy atom. The number of hydrogen-bond acceptors (Lipinski definition) is 0. The minimum Gasteiger partial charge on any atom is -0.0654 e. The molecule has 1 aliphatic rings. The van der Waals surface area contributed by atoms with E-state index >= 15 is 0 Å². The van der Waals surface area contributed by atoms with Crippen molar-refractivity contribution in [3.8, 4) is 0 Å². The zero-order valence-electron chi connectivity index (χ0n) is 12.0. The maximum absolute atomic E-state index is 2.52. The molecule has 1 atom stereocenters. The minimum atomic E-state index is 0.663. The monoisotopic (exact) mass is 224 g/mol. The van der Waals surface area contributed by atoms with E-state index in [0.29, 0.717) is 5.41 Å². The van der Waals surface area contributed by atoms with E-state index in [0.717, 1.165) is 11.8 Å². The first kappa shape index (κ1) is 14.1. The third-order valence-electron chi connectivity index (χ3n) is 5.44. The molecule has 1 unspecified atom stereocenters. The minimum absolute atomic E-state index is 0.663. The van der Waals surface area contributed by atoms with Gasteiger partial charge in [-0.15, -0.1) is 0 Å². The predicted molar refractivity (Wildman–Crippen MR) is 73.7 cm³/mol. The third-order valence-corrected chi connectivity index (χ3v) is 5.44. The van der Waals surface area contributed by atoms with Crippen molar-refractivity contribution in [1.29, 1.82) is 0 Å². The van der Waals surface area contributed by atoms with Gasteiger partial charge in [0.05, 0.1) is 0 Å². The van der Waals surface area contributed by atoms with Gasteiger partial charge in [-0.1, -0.05) is 59.8 Å². The Kier molecular flexibility index (Phi) is 5.86. The fraction of sp³-hybridized carbons (Fsp3) is 1.00. The van der Waals surface area contributed by atoms with E-state index in [-0.39, 0.29) is 0 Å². The largest absolute Gasteiger partial charge is 0.0654 e. The summed E-state index contributed by atoms with van der Waals surface area (Å²) >= 11 is 0. The predicted octanol–water partition coefficient (Wildman–Crippen LogP) is 5.81. The summed E-state index contributed by atoms with van der Waals surface area (Å²) in [6.07, 6.45) is 13.1. The SMILES string of the molecule is CCCC(C)C(CC)(CC)C1CCCCC1. The Labute approximate surface area is 103 Å². The molecule has 96 valence electrons. The van der Waals surface area contributed by atoms with Crippen molar-refractivity contribution in [2.45, 2.75) is 85.5 Å². The van der Waals surface area contributed by atoms with E-state index in [9.17, 15) is 0 Å². The van der Waals surface area contributed by atoms with E-state index in [4.69, 9.17) is 0 Å². The van der Waals surface area contributed by atoms with Crippen LogP contribution in [0.5, 0.6) is 0 Å². The van der Waals surface area contributed by atoms with Gasteiger partial charge in [-0.05, 0) is 42.9 Å². The standard InChI is InChI=1S/C16H32/c1-5-11-14(4)16(6-2,7-3)15-12-9-8-10-13-15/h14-15H,5-13H2,1-4H3. The summed E-state index contributed by atoms with van der Waals surface area (Å²) in [6.45, 7) is 9.73. The van der Waals surface area contributed by atoms with Crippen LogP contribution in [-0.2, 0) is 0 Å². The van der Waals surface area contributed by atoms with E-state index in [2.05, 4.69) is 27.7 Å². The molecule has 1 saturated carbocycles. The molecule has 1 rings (SSSR count). The molecule has 0 radical (unpaired) electrons. The molecule has 0 aromatic rings. The summed E-state index contributed by atoms with van der Waals surface area (Å²) in [5.41, 5.74) is 0.663. The third kappa shape index (κ3) is 2.81. The molecule has 0 aromatic heterocycles. The van der Waals surface area contributed by atoms with Crippen molar-refractivity contribution < 1.29 is 0 Å². The van der Waals surface area contributed by atoms with Gasteiger partial charge < -0.3 is 0 Å². The highest BCUT2D eigenvalue weighted by Crippen LogP contribution is 2.49. The summed E-state index contributed by atoms with van der Waals surface area (Å²) in [5.74, 6) is 1.95. The lowest BCUT2D eigenvalue weighted by Crippen LogP contribution is -2.37. The van der Waals surface area contributed by atoms with Crippen LogP contribution in [-0.4, -0.2) is 0 Å². The van der Waals surface area contributed by atoms with Crippen molar-refractivity contribution in [3.63, 3.8) is 0 Å². The smallest absolute Gasteiger partial charge is 0.0249 e. The molecule has 0 spiro atoms. The van der Waals surface area contributed by atoms with Crippen LogP contribution in [0.4, 0.5) is 0 Å². The Morgan fingerprint density at radius 3 is 2.00 bits per heavy atom. The van der Waals surface area contributed by atoms with Crippen LogP contribution in [0.15, 0.2) is 0 Å². The average molecular weight is 224 g/mol. The van der Waals surface area contributed by atoms with Gasteiger partial charge in [0.2, 0.25) is 0 Å². The molecule has 0 amide bonds. The van der Waals surface area contributed by atoms with Gasteiger partial charge in [0, 0.05) is 0 Å². The number of rotatable bonds is 6. The van der Waals surface area contributed by atoms with Crippen LogP contribution in [0, 0.1) is 17.3 Å². The van der Waals surface area contributed by atoms with E-state index in [1.807, 2.05) is 0 Å². The summed E-state index contributed by atoms with van der Waals surface area (Å²) in [7, 11) is 0. The first-order valence-electron chi connectivity index (χ1n) is 7.71. The molecule has 0 heterocycles. The van der Waals surface area contributed by atoms with Crippen LogP contribution in [0.3, 0.4) is 0 Å². The van der Waals surface area contributed by atoms with Crippen molar-refractivity contribution in [2.24, 2.45) is 17.3 Å². The molecule has 0 aromatic carbocycles. The number of hydrogen-bond donors (Lipinski definition) is 0. The van der Waals surface area contributed by atoms with Gasteiger partial charge in [-0.3, -0.25) is 0 Å². The average Bonchev–Trinajstić information content (AvgIpc) is 2.33. The lowest BCUT2D eigenvalue weighted by molar-refractivity contribution is 0.0371. The van der Waals surface area contributed by atoms with Crippen LogP contribution >= 0.6 is 0 Å². The zero-order valence-corrected chi connectivity index (χ0v) is 12.0. The Balaban J connectivity index is 2.75. The molecule has 0 nitrogen and oxygen atoms in total. The van der Waals surface area contributed by atoms with E-state index in [1.54, 1.807) is 0 Å². The van der Waals surface area contributed by atoms with E-state index in [1.165, 1.54) is 57.8 Å². The van der Waals surface area contributed by atoms with Gasteiger partial charge in [-0.2, -0.15) is 0 Å². The Bertz CT molecular complexity index is 172. The first-order chi connectivity index (χ1) is 7.71. The molecule has 0 aliphatic heterocycles. The van der Waals surface area contributed by atoms with Crippen molar-refractivity contribution in [1.82, 2.24) is 0 Å². The first-order valence-corrected chi connectivity index (χ1v) is 7.71. The molecular weight excluding hydrogens is 192 g/mol. The highest BCUT2D eigenvalue weighted by Gasteiger charge is 2.39. The molecule has 0 heteroatoms. The fourth-order valence-electron chi connectivity index (χ4n) is 4.32. The molecule has 0 bridgehead atoms. The summed E-state index contributed by atoms with van der Waals surface area (Å²) < 4.78 is 0. The van der Waals surface area contributed by atoms with Crippen molar-refractivity contribution >= 4 is 0 Å². The Morgan fingerprint density at radius 1 is 1.00 bits per heavy atom. The zero-order chi connectivity index (χ0) is 12.0. The van der Waals surface area contributed by atoms with Gasteiger partial charge in [0.15, 0.2) is 0 Å². The van der Waals surface area contributed by atoms with Crippen molar-refractivity contribution in [2.75, 3.05) is 0 Å². The lowest BCUT2D eigenvalue weighted by atomic mass is 9.59. The normalized spacial score (nSPS) is 21.0. The molecule has 0 N–H and O–H groups in total. The highest BCUT2D eigenvalue weighted by molar-refractivity contribution is 4.89. The van der Waals surface area contributed by atoms with Crippen molar-refractivity contribution in [3.05, 3.63) is 0 Å². The van der Waals surface area contributed by atoms with Gasteiger partial charge >= 0.3 is 0 Å². The van der Waals surface area contributed by atoms with Gasteiger partial charge in [0.1, 0.15) is 0 Å². The van der Waals surface area contributed by atoms with Crippen LogP contribution in [0.2, 0.25) is 0 Å². The Hall–Kier alpha value is 0. The second kappa shape index (κ2) is 6.67. The van der Waals surface area contributed by atoms with Crippen LogP contribution < -0.4 is 0 Å². The van der Waals surface area contributed by atoms with Gasteiger partial charge in [-0.25, -0.2) is 0 Å². The molecule has 1 aliphatic carbocycles.